The number of anilines is 3. The smallest absolute Gasteiger partial charge is 0.267 e. The molecule has 0 radical (unpaired) electrons. The Morgan fingerprint density at radius 3 is 2.11 bits per heavy atom. The average molecular weight is 385 g/mol. The van der Waals surface area contributed by atoms with Crippen LogP contribution in [0.3, 0.4) is 0 Å². The van der Waals surface area contributed by atoms with Gasteiger partial charge in [-0.05, 0) is 48.5 Å². The van der Waals surface area contributed by atoms with E-state index >= 15 is 0 Å². The summed E-state index contributed by atoms with van der Waals surface area (Å²) in [5.74, 6) is -0.627. The largest absolute Gasteiger partial charge is 0.378 e. The monoisotopic (exact) mass is 385 g/mol. The zero-order valence-electron chi connectivity index (χ0n) is 14.8. The van der Waals surface area contributed by atoms with Crippen molar-refractivity contribution in [3.8, 4) is 6.07 Å². The van der Waals surface area contributed by atoms with E-state index in [0.717, 1.165) is 11.4 Å². The van der Waals surface area contributed by atoms with E-state index in [4.69, 9.17) is 5.14 Å². The third kappa shape index (κ3) is 5.57. The molecule has 27 heavy (non-hydrogen) atoms. The van der Waals surface area contributed by atoms with Crippen molar-refractivity contribution in [2.24, 2.45) is 5.14 Å². The first-order valence-electron chi connectivity index (χ1n) is 7.79. The number of nitriles is 1. The van der Waals surface area contributed by atoms with Crippen LogP contribution in [0.15, 0.2) is 65.2 Å². The van der Waals surface area contributed by atoms with E-state index in [1.54, 1.807) is 0 Å². The van der Waals surface area contributed by atoms with Crippen molar-refractivity contribution in [2.45, 2.75) is 4.90 Å². The van der Waals surface area contributed by atoms with E-state index in [9.17, 15) is 18.5 Å². The Hall–Kier alpha value is -3.35. The Balaban J connectivity index is 2.06. The quantitative estimate of drug-likeness (QED) is 0.514. The summed E-state index contributed by atoms with van der Waals surface area (Å²) < 4.78 is 22.5. The first-order chi connectivity index (χ1) is 12.7. The van der Waals surface area contributed by atoms with Crippen molar-refractivity contribution in [1.29, 1.82) is 5.26 Å². The minimum Gasteiger partial charge on any atom is -0.378 e. The highest BCUT2D eigenvalue weighted by Gasteiger charge is 2.11. The molecule has 0 aliphatic carbocycles. The molecule has 0 aromatic heterocycles. The third-order valence-corrected chi connectivity index (χ3v) is 4.50. The van der Waals surface area contributed by atoms with Gasteiger partial charge in [0.05, 0.1) is 4.90 Å². The Morgan fingerprint density at radius 2 is 1.63 bits per heavy atom. The summed E-state index contributed by atoms with van der Waals surface area (Å²) in [7, 11) is 0.0468. The predicted octanol–water partition coefficient (Wildman–Crippen LogP) is 1.86. The van der Waals surface area contributed by atoms with Crippen molar-refractivity contribution in [3.05, 3.63) is 60.3 Å². The Morgan fingerprint density at radius 1 is 1.07 bits per heavy atom. The van der Waals surface area contributed by atoms with Gasteiger partial charge in [0.15, 0.2) is 0 Å². The number of nitrogens with zero attached hydrogens (tertiary/aromatic N) is 2. The number of primary sulfonamides is 1. The SMILES string of the molecule is CN(C)c1ccc(N/C=C(/C#N)C(=O)Nc2ccc(S(N)(=O)=O)cc2)cc1. The average Bonchev–Trinajstić information content (AvgIpc) is 2.62. The lowest BCUT2D eigenvalue weighted by atomic mass is 10.2. The molecule has 0 unspecified atom stereocenters. The molecule has 0 atom stereocenters. The van der Waals surface area contributed by atoms with Crippen LogP contribution in [-0.4, -0.2) is 28.4 Å². The molecular weight excluding hydrogens is 366 g/mol. The van der Waals surface area contributed by atoms with Crippen LogP contribution < -0.4 is 20.7 Å². The molecule has 0 bridgehead atoms. The molecule has 0 aliphatic heterocycles. The minimum absolute atomic E-state index is 0.0700. The predicted molar refractivity (Wildman–Crippen MR) is 105 cm³/mol. The van der Waals surface area contributed by atoms with Gasteiger partial charge >= 0.3 is 0 Å². The Labute approximate surface area is 158 Å². The Bertz CT molecular complexity index is 989. The number of amides is 1. The van der Waals surface area contributed by atoms with Gasteiger partial charge in [-0.1, -0.05) is 0 Å². The number of nitrogens with one attached hydrogen (secondary N) is 2. The molecule has 1 amide bonds. The van der Waals surface area contributed by atoms with Crippen LogP contribution in [0.5, 0.6) is 0 Å². The van der Waals surface area contributed by atoms with Crippen LogP contribution in [0, 0.1) is 11.3 Å². The lowest BCUT2D eigenvalue weighted by Crippen LogP contribution is -2.15. The van der Waals surface area contributed by atoms with E-state index in [1.165, 1.54) is 30.5 Å². The highest BCUT2D eigenvalue weighted by Crippen LogP contribution is 2.16. The van der Waals surface area contributed by atoms with E-state index in [-0.39, 0.29) is 10.5 Å². The van der Waals surface area contributed by atoms with Gasteiger partial charge in [0, 0.05) is 37.4 Å². The van der Waals surface area contributed by atoms with Gasteiger partial charge in [-0.3, -0.25) is 4.79 Å². The van der Waals surface area contributed by atoms with Crippen molar-refractivity contribution >= 4 is 33.0 Å². The fraction of sp³-hybridized carbons (Fsp3) is 0.111. The maximum Gasteiger partial charge on any atom is 0.267 e. The van der Waals surface area contributed by atoms with Crippen molar-refractivity contribution < 1.29 is 13.2 Å². The van der Waals surface area contributed by atoms with Crippen molar-refractivity contribution in [2.75, 3.05) is 29.6 Å². The first kappa shape index (κ1) is 20.0. The molecule has 0 fully saturated rings. The summed E-state index contributed by atoms with van der Waals surface area (Å²) in [6.45, 7) is 0. The summed E-state index contributed by atoms with van der Waals surface area (Å²) >= 11 is 0. The van der Waals surface area contributed by atoms with Gasteiger partial charge in [0.2, 0.25) is 10.0 Å². The van der Waals surface area contributed by atoms with Crippen molar-refractivity contribution in [1.82, 2.24) is 0 Å². The zero-order valence-corrected chi connectivity index (χ0v) is 15.6. The minimum atomic E-state index is -3.81. The molecule has 8 nitrogen and oxygen atoms in total. The van der Waals surface area contributed by atoms with Gasteiger partial charge in [-0.15, -0.1) is 0 Å². The summed E-state index contributed by atoms with van der Waals surface area (Å²) in [6.07, 6.45) is 1.30. The second-order valence-electron chi connectivity index (χ2n) is 5.78. The molecular formula is C18H19N5O3S. The van der Waals surface area contributed by atoms with E-state index < -0.39 is 15.9 Å². The van der Waals surface area contributed by atoms with Gasteiger partial charge in [-0.25, -0.2) is 13.6 Å². The van der Waals surface area contributed by atoms with Crippen LogP contribution in [0.4, 0.5) is 17.1 Å². The van der Waals surface area contributed by atoms with Gasteiger partial charge in [0.25, 0.3) is 5.91 Å². The fourth-order valence-electron chi connectivity index (χ4n) is 2.09. The second kappa shape index (κ2) is 8.35. The highest BCUT2D eigenvalue weighted by atomic mass is 32.2. The number of hydrogen-bond acceptors (Lipinski definition) is 6. The number of nitrogens with two attached hydrogens (primary N) is 1. The molecule has 9 heteroatoms. The van der Waals surface area contributed by atoms with Gasteiger partial charge in [0.1, 0.15) is 11.6 Å². The normalized spacial score (nSPS) is 11.4. The lowest BCUT2D eigenvalue weighted by molar-refractivity contribution is -0.112. The standard InChI is InChI=1S/C18H19N5O3S/c1-23(2)16-7-3-14(4-8-16)21-12-13(11-19)18(24)22-15-5-9-17(10-6-15)27(20,25)26/h3-10,12,21H,1-2H3,(H,22,24)(H2,20,25,26)/b13-12-. The molecule has 4 N–H and O–H groups in total. The molecule has 0 heterocycles. The highest BCUT2D eigenvalue weighted by molar-refractivity contribution is 7.89. The first-order valence-corrected chi connectivity index (χ1v) is 9.34. The number of benzene rings is 2. The van der Waals surface area contributed by atoms with Crippen LogP contribution >= 0.6 is 0 Å². The summed E-state index contributed by atoms with van der Waals surface area (Å²) in [5, 5.41) is 19.6. The number of carbonyl (C=O) groups is 1. The van der Waals surface area contributed by atoms with E-state index in [2.05, 4.69) is 10.6 Å². The van der Waals surface area contributed by atoms with E-state index in [1.807, 2.05) is 49.3 Å². The fourth-order valence-corrected chi connectivity index (χ4v) is 2.60. The molecule has 2 aromatic rings. The van der Waals surface area contributed by atoms with Crippen LogP contribution in [0.1, 0.15) is 0 Å². The van der Waals surface area contributed by atoms with Gasteiger partial charge < -0.3 is 15.5 Å². The molecule has 0 aliphatic rings. The second-order valence-corrected chi connectivity index (χ2v) is 7.34. The lowest BCUT2D eigenvalue weighted by Gasteiger charge is -2.12. The summed E-state index contributed by atoms with van der Waals surface area (Å²) in [6, 6.07) is 14.6. The Kier molecular flexibility index (Phi) is 6.18. The molecule has 0 spiro atoms. The van der Waals surface area contributed by atoms with Crippen LogP contribution in [0.25, 0.3) is 0 Å². The number of rotatable bonds is 6. The number of carbonyl (C=O) groups excluding carboxylic acids is 1. The topological polar surface area (TPSA) is 128 Å². The summed E-state index contributed by atoms with van der Waals surface area (Å²) in [4.78, 5) is 14.1. The van der Waals surface area contributed by atoms with Gasteiger partial charge in [-0.2, -0.15) is 5.26 Å². The van der Waals surface area contributed by atoms with Crippen LogP contribution in [-0.2, 0) is 14.8 Å². The molecule has 2 rings (SSSR count). The molecule has 0 saturated carbocycles. The van der Waals surface area contributed by atoms with Crippen LogP contribution in [0.2, 0.25) is 0 Å². The molecule has 2 aromatic carbocycles. The molecule has 140 valence electrons. The zero-order chi connectivity index (χ0) is 20.0. The maximum atomic E-state index is 12.2. The van der Waals surface area contributed by atoms with E-state index in [0.29, 0.717) is 5.69 Å². The van der Waals surface area contributed by atoms with Crippen molar-refractivity contribution in [3.63, 3.8) is 0 Å². The third-order valence-electron chi connectivity index (χ3n) is 3.57. The summed E-state index contributed by atoms with van der Waals surface area (Å²) in [5.41, 5.74) is 1.94. The molecule has 0 saturated heterocycles. The number of sulfonamides is 1. The maximum absolute atomic E-state index is 12.2. The number of hydrogen-bond donors (Lipinski definition) is 3.